The molecule has 0 amide bonds. The molecule has 1 saturated carbocycles. The minimum Gasteiger partial charge on any atom is -0.231 e. The Morgan fingerprint density at radius 1 is 1.12 bits per heavy atom. The maximum absolute atomic E-state index is 9.83. The molecule has 4 rings (SSSR count). The highest BCUT2D eigenvalue weighted by molar-refractivity contribution is 6.29. The molecule has 3 aromatic rings. The molecule has 5 nitrogen and oxygen atoms in total. The van der Waals surface area contributed by atoms with Crippen LogP contribution in [0.15, 0.2) is 36.7 Å². The first-order chi connectivity index (χ1) is 11.7. The van der Waals surface area contributed by atoms with Crippen molar-refractivity contribution in [3.63, 3.8) is 0 Å². The lowest BCUT2D eigenvalue weighted by Crippen LogP contribution is -2.27. The van der Waals surface area contributed by atoms with E-state index in [0.29, 0.717) is 5.15 Å². The molecule has 24 heavy (non-hydrogen) atoms. The van der Waals surface area contributed by atoms with Gasteiger partial charge in [-0.15, -0.1) is 5.10 Å². The Morgan fingerprint density at radius 2 is 1.96 bits per heavy atom. The first-order valence-electron chi connectivity index (χ1n) is 8.10. The largest absolute Gasteiger partial charge is 0.231 e. The third-order valence-electron chi connectivity index (χ3n) is 4.90. The first kappa shape index (κ1) is 15.1. The Kier molecular flexibility index (Phi) is 3.70. The van der Waals surface area contributed by atoms with Crippen molar-refractivity contribution in [3.8, 4) is 11.8 Å². The summed E-state index contributed by atoms with van der Waals surface area (Å²) >= 11 is 5.95. The summed E-state index contributed by atoms with van der Waals surface area (Å²) in [5, 5.41) is 23.3. The summed E-state index contributed by atoms with van der Waals surface area (Å²) < 4.78 is 1.80. The number of halogens is 1. The summed E-state index contributed by atoms with van der Waals surface area (Å²) in [7, 11) is 0. The zero-order valence-electron chi connectivity index (χ0n) is 13.1. The van der Waals surface area contributed by atoms with Crippen LogP contribution in [0.4, 0.5) is 0 Å². The first-order valence-corrected chi connectivity index (χ1v) is 8.48. The summed E-state index contributed by atoms with van der Waals surface area (Å²) in [5.41, 5.74) is 2.41. The summed E-state index contributed by atoms with van der Waals surface area (Å²) in [6, 6.07) is 10.5. The van der Waals surface area contributed by atoms with Crippen molar-refractivity contribution in [3.05, 3.63) is 47.4 Å². The molecule has 6 heteroatoms. The summed E-state index contributed by atoms with van der Waals surface area (Å²) in [6.07, 6.45) is 8.71. The van der Waals surface area contributed by atoms with E-state index in [1.165, 1.54) is 6.42 Å². The average Bonchev–Trinajstić information content (AvgIpc) is 3.05. The lowest BCUT2D eigenvalue weighted by atomic mass is 9.70. The van der Waals surface area contributed by atoms with E-state index in [0.717, 1.165) is 47.8 Å². The van der Waals surface area contributed by atoms with Gasteiger partial charge in [-0.25, -0.2) is 4.68 Å². The van der Waals surface area contributed by atoms with E-state index in [9.17, 15) is 5.26 Å². The third-order valence-corrected chi connectivity index (χ3v) is 5.08. The van der Waals surface area contributed by atoms with Crippen LogP contribution in [0, 0.1) is 11.3 Å². The highest BCUT2D eigenvalue weighted by Gasteiger charge is 2.34. The molecule has 2 aromatic heterocycles. The molecule has 2 heterocycles. The predicted octanol–water partition coefficient (Wildman–Crippen LogP) is 4.19. The Bertz CT molecular complexity index is 934. The molecule has 0 bridgehead atoms. The summed E-state index contributed by atoms with van der Waals surface area (Å²) in [5.74, 6) is 0. The second kappa shape index (κ2) is 5.88. The van der Waals surface area contributed by atoms with Gasteiger partial charge in [0.1, 0.15) is 0 Å². The lowest BCUT2D eigenvalue weighted by Gasteiger charge is -2.31. The fourth-order valence-electron chi connectivity index (χ4n) is 3.59. The summed E-state index contributed by atoms with van der Waals surface area (Å²) in [4.78, 5) is 0. The van der Waals surface area contributed by atoms with E-state index in [-0.39, 0.29) is 5.41 Å². The van der Waals surface area contributed by atoms with Gasteiger partial charge in [0.15, 0.2) is 5.15 Å². The highest BCUT2D eigenvalue weighted by Crippen LogP contribution is 2.40. The minimum absolute atomic E-state index is 0.327. The highest BCUT2D eigenvalue weighted by atomic mass is 35.5. The van der Waals surface area contributed by atoms with Crippen LogP contribution >= 0.6 is 11.6 Å². The molecule has 0 saturated heterocycles. The number of nitrogens with zero attached hydrogens (tertiary/aromatic N) is 5. The standard InChI is InChI=1S/C18H16ClN5/c19-17-9-15(11-21-23-17)24-16-8-14(5-4-13(16)10-22-24)18(12-20)6-2-1-3-7-18/h4-5,8-11H,1-3,6-7H2. The number of hydrogen-bond acceptors (Lipinski definition) is 4. The predicted molar refractivity (Wildman–Crippen MR) is 92.0 cm³/mol. The molecule has 1 aliphatic carbocycles. The zero-order valence-corrected chi connectivity index (χ0v) is 13.9. The normalized spacial score (nSPS) is 16.8. The molecule has 0 unspecified atom stereocenters. The van der Waals surface area contributed by atoms with Crippen molar-refractivity contribution in [1.82, 2.24) is 20.0 Å². The van der Waals surface area contributed by atoms with Gasteiger partial charge in [0, 0.05) is 11.5 Å². The van der Waals surface area contributed by atoms with Gasteiger partial charge < -0.3 is 0 Å². The number of benzene rings is 1. The number of rotatable bonds is 2. The van der Waals surface area contributed by atoms with Crippen LogP contribution in [0.1, 0.15) is 37.7 Å². The van der Waals surface area contributed by atoms with E-state index in [4.69, 9.17) is 11.6 Å². The van der Waals surface area contributed by atoms with Crippen molar-refractivity contribution < 1.29 is 0 Å². The Balaban J connectivity index is 1.86. The maximum Gasteiger partial charge on any atom is 0.153 e. The lowest BCUT2D eigenvalue weighted by molar-refractivity contribution is 0.366. The molecule has 1 fully saturated rings. The van der Waals surface area contributed by atoms with E-state index >= 15 is 0 Å². The Morgan fingerprint density at radius 3 is 2.71 bits per heavy atom. The van der Waals surface area contributed by atoms with Crippen LogP contribution in [-0.4, -0.2) is 20.0 Å². The smallest absolute Gasteiger partial charge is 0.153 e. The quantitative estimate of drug-likeness (QED) is 0.703. The van der Waals surface area contributed by atoms with Crippen molar-refractivity contribution in [2.24, 2.45) is 0 Å². The number of aromatic nitrogens is 4. The third kappa shape index (κ3) is 2.44. The molecular formula is C18H16ClN5. The molecular weight excluding hydrogens is 322 g/mol. The molecule has 1 aliphatic rings. The fourth-order valence-corrected chi connectivity index (χ4v) is 3.74. The number of nitriles is 1. The zero-order chi connectivity index (χ0) is 16.6. The van der Waals surface area contributed by atoms with Gasteiger partial charge in [0.25, 0.3) is 0 Å². The second-order valence-electron chi connectivity index (χ2n) is 6.32. The summed E-state index contributed by atoms with van der Waals surface area (Å²) in [6.45, 7) is 0. The minimum atomic E-state index is -0.379. The van der Waals surface area contributed by atoms with Crippen molar-refractivity contribution in [1.29, 1.82) is 5.26 Å². The molecule has 0 N–H and O–H groups in total. The van der Waals surface area contributed by atoms with E-state index in [1.54, 1.807) is 16.9 Å². The molecule has 0 atom stereocenters. The van der Waals surface area contributed by atoms with Gasteiger partial charge in [-0.1, -0.05) is 43.0 Å². The van der Waals surface area contributed by atoms with Crippen LogP contribution < -0.4 is 0 Å². The maximum atomic E-state index is 9.83. The Labute approximate surface area is 144 Å². The van der Waals surface area contributed by atoms with Crippen LogP contribution in [0.25, 0.3) is 16.6 Å². The van der Waals surface area contributed by atoms with Gasteiger partial charge in [0.05, 0.1) is 35.1 Å². The van der Waals surface area contributed by atoms with E-state index < -0.39 is 0 Å². The van der Waals surface area contributed by atoms with Crippen molar-refractivity contribution in [2.45, 2.75) is 37.5 Å². The molecule has 0 aliphatic heterocycles. The Hall–Kier alpha value is -2.45. The number of fused-ring (bicyclic) bond motifs is 1. The molecule has 0 radical (unpaired) electrons. The van der Waals surface area contributed by atoms with Gasteiger partial charge in [-0.05, 0) is 24.5 Å². The molecule has 0 spiro atoms. The SMILES string of the molecule is N#CC1(c2ccc3cnn(-c4cnnc(Cl)c4)c3c2)CCCCC1. The van der Waals surface area contributed by atoms with Crippen LogP contribution in [0.2, 0.25) is 5.15 Å². The average molecular weight is 338 g/mol. The van der Waals surface area contributed by atoms with Gasteiger partial charge in [0.2, 0.25) is 0 Å². The fraction of sp³-hybridized carbons (Fsp3) is 0.333. The van der Waals surface area contributed by atoms with Crippen LogP contribution in [-0.2, 0) is 5.41 Å². The van der Waals surface area contributed by atoms with Gasteiger partial charge >= 0.3 is 0 Å². The van der Waals surface area contributed by atoms with E-state index in [1.807, 2.05) is 12.3 Å². The van der Waals surface area contributed by atoms with Crippen LogP contribution in [0.5, 0.6) is 0 Å². The van der Waals surface area contributed by atoms with Gasteiger partial charge in [-0.2, -0.15) is 15.5 Å². The monoisotopic (exact) mass is 337 g/mol. The molecule has 120 valence electrons. The van der Waals surface area contributed by atoms with E-state index in [2.05, 4.69) is 33.5 Å². The topological polar surface area (TPSA) is 67.4 Å². The second-order valence-corrected chi connectivity index (χ2v) is 6.71. The van der Waals surface area contributed by atoms with Gasteiger partial charge in [-0.3, -0.25) is 0 Å². The van der Waals surface area contributed by atoms with Crippen LogP contribution in [0.3, 0.4) is 0 Å². The van der Waals surface area contributed by atoms with Crippen molar-refractivity contribution in [2.75, 3.05) is 0 Å². The number of hydrogen-bond donors (Lipinski definition) is 0. The molecule has 1 aromatic carbocycles. The van der Waals surface area contributed by atoms with Crippen molar-refractivity contribution >= 4 is 22.5 Å².